The van der Waals surface area contributed by atoms with Crippen molar-refractivity contribution >= 4 is 0 Å². The highest BCUT2D eigenvalue weighted by Crippen LogP contribution is 2.51. The predicted octanol–water partition coefficient (Wildman–Crippen LogP) is 6.25. The van der Waals surface area contributed by atoms with E-state index in [0.29, 0.717) is 12.8 Å². The summed E-state index contributed by atoms with van der Waals surface area (Å²) >= 11 is 0. The van der Waals surface area contributed by atoms with Gasteiger partial charge in [0.1, 0.15) is 0 Å². The minimum Gasteiger partial charge on any atom is -0.380 e. The van der Waals surface area contributed by atoms with Crippen LogP contribution in [0, 0.1) is 5.41 Å². The third-order valence-electron chi connectivity index (χ3n) is 4.89. The molecule has 21 heavy (non-hydrogen) atoms. The van der Waals surface area contributed by atoms with E-state index in [-0.39, 0.29) is 6.42 Å². The molecule has 2 unspecified atom stereocenters. The van der Waals surface area contributed by atoms with E-state index in [4.69, 9.17) is 0 Å². The average molecular weight is 310 g/mol. The lowest BCUT2D eigenvalue weighted by Crippen LogP contribution is -2.57. The van der Waals surface area contributed by atoms with E-state index in [9.17, 15) is 18.3 Å². The van der Waals surface area contributed by atoms with Crippen LogP contribution in [-0.4, -0.2) is 16.9 Å². The van der Waals surface area contributed by atoms with Crippen LogP contribution in [0.25, 0.3) is 0 Å². The van der Waals surface area contributed by atoms with Crippen molar-refractivity contribution in [1.29, 1.82) is 0 Å². The van der Waals surface area contributed by atoms with Crippen molar-refractivity contribution in [3.63, 3.8) is 0 Å². The van der Waals surface area contributed by atoms with Crippen molar-refractivity contribution in [2.24, 2.45) is 5.41 Å². The van der Waals surface area contributed by atoms with Crippen LogP contribution in [0.2, 0.25) is 0 Å². The van der Waals surface area contributed by atoms with Gasteiger partial charge in [-0.05, 0) is 19.3 Å². The topological polar surface area (TPSA) is 20.2 Å². The number of halogens is 3. The Morgan fingerprint density at radius 3 is 1.57 bits per heavy atom. The smallest absolute Gasteiger partial charge is 0.380 e. The van der Waals surface area contributed by atoms with Gasteiger partial charge in [-0.25, -0.2) is 0 Å². The lowest BCUT2D eigenvalue weighted by molar-refractivity contribution is -0.304. The molecule has 0 rings (SSSR count). The van der Waals surface area contributed by atoms with Crippen LogP contribution in [0.15, 0.2) is 0 Å². The first-order chi connectivity index (χ1) is 9.68. The standard InChI is InChI=1S/C17H33F3O/c1-5-8-10-12-14-15(4,13-11-9-6-2)16(21,7-3)17(18,19)20/h21H,5-14H2,1-4H3. The lowest BCUT2D eigenvalue weighted by Gasteiger charge is -2.46. The minimum absolute atomic E-state index is 0.271. The maximum absolute atomic E-state index is 13.4. The third-order valence-corrected chi connectivity index (χ3v) is 4.89. The zero-order chi connectivity index (χ0) is 16.6. The van der Waals surface area contributed by atoms with Crippen LogP contribution >= 0.6 is 0 Å². The minimum atomic E-state index is -4.56. The van der Waals surface area contributed by atoms with Crippen LogP contribution in [0.3, 0.4) is 0 Å². The van der Waals surface area contributed by atoms with E-state index in [1.807, 2.05) is 6.92 Å². The summed E-state index contributed by atoms with van der Waals surface area (Å²) in [6.45, 7) is 7.19. The Bertz CT molecular complexity index is 278. The second-order valence-electron chi connectivity index (χ2n) is 6.54. The van der Waals surface area contributed by atoms with Crippen LogP contribution in [0.5, 0.6) is 0 Å². The zero-order valence-corrected chi connectivity index (χ0v) is 14.2. The molecular weight excluding hydrogens is 277 g/mol. The molecule has 0 heterocycles. The molecule has 0 aliphatic heterocycles. The molecule has 0 bridgehead atoms. The van der Waals surface area contributed by atoms with E-state index in [1.54, 1.807) is 6.92 Å². The summed E-state index contributed by atoms with van der Waals surface area (Å²) in [5.41, 5.74) is -3.65. The van der Waals surface area contributed by atoms with Gasteiger partial charge in [0.2, 0.25) is 0 Å². The number of rotatable bonds is 11. The molecule has 0 aromatic carbocycles. The van der Waals surface area contributed by atoms with E-state index in [1.165, 1.54) is 6.92 Å². The van der Waals surface area contributed by atoms with Gasteiger partial charge in [-0.2, -0.15) is 13.2 Å². The van der Waals surface area contributed by atoms with E-state index in [2.05, 4.69) is 6.92 Å². The molecule has 0 spiro atoms. The van der Waals surface area contributed by atoms with Crippen molar-refractivity contribution in [3.8, 4) is 0 Å². The van der Waals surface area contributed by atoms with Gasteiger partial charge in [-0.1, -0.05) is 72.6 Å². The van der Waals surface area contributed by atoms with Crippen LogP contribution in [0.4, 0.5) is 13.2 Å². The van der Waals surface area contributed by atoms with Crippen LogP contribution in [-0.2, 0) is 0 Å². The summed E-state index contributed by atoms with van der Waals surface area (Å²) in [6.07, 6.45) is 2.50. The fourth-order valence-corrected chi connectivity index (χ4v) is 3.22. The molecule has 0 fully saturated rings. The normalized spacial score (nSPS) is 18.3. The second-order valence-corrected chi connectivity index (χ2v) is 6.54. The predicted molar refractivity (Wildman–Crippen MR) is 82.3 cm³/mol. The Hall–Kier alpha value is -0.250. The highest BCUT2D eigenvalue weighted by Gasteiger charge is 2.61. The van der Waals surface area contributed by atoms with Crippen molar-refractivity contribution in [2.75, 3.05) is 0 Å². The Balaban J connectivity index is 5.07. The Morgan fingerprint density at radius 1 is 0.762 bits per heavy atom. The Morgan fingerprint density at radius 2 is 1.19 bits per heavy atom. The molecule has 4 heteroatoms. The first kappa shape index (κ1) is 20.8. The molecule has 0 aromatic rings. The third kappa shape index (κ3) is 5.46. The van der Waals surface area contributed by atoms with Gasteiger partial charge in [0.15, 0.2) is 5.60 Å². The lowest BCUT2D eigenvalue weighted by atomic mass is 9.65. The molecule has 128 valence electrons. The monoisotopic (exact) mass is 310 g/mol. The summed E-state index contributed by atoms with van der Waals surface area (Å²) < 4.78 is 40.3. The summed E-state index contributed by atoms with van der Waals surface area (Å²) in [4.78, 5) is 0. The summed E-state index contributed by atoms with van der Waals surface area (Å²) in [5, 5.41) is 10.4. The maximum atomic E-state index is 13.4. The van der Waals surface area contributed by atoms with E-state index < -0.39 is 17.2 Å². The fraction of sp³-hybridized carbons (Fsp3) is 1.00. The highest BCUT2D eigenvalue weighted by molar-refractivity contribution is 5.00. The van der Waals surface area contributed by atoms with Gasteiger partial charge < -0.3 is 5.11 Å². The van der Waals surface area contributed by atoms with E-state index >= 15 is 0 Å². The molecule has 0 aliphatic rings. The van der Waals surface area contributed by atoms with Crippen molar-refractivity contribution in [1.82, 2.24) is 0 Å². The average Bonchev–Trinajstić information content (AvgIpc) is 2.41. The maximum Gasteiger partial charge on any atom is 0.417 e. The van der Waals surface area contributed by atoms with Gasteiger partial charge in [0.05, 0.1) is 0 Å². The number of hydrogen-bond acceptors (Lipinski definition) is 1. The molecule has 1 nitrogen and oxygen atoms in total. The molecule has 1 N–H and O–H groups in total. The highest BCUT2D eigenvalue weighted by atomic mass is 19.4. The molecule has 2 atom stereocenters. The number of aliphatic hydroxyl groups is 1. The first-order valence-corrected chi connectivity index (χ1v) is 8.47. The number of alkyl halides is 3. The van der Waals surface area contributed by atoms with Gasteiger partial charge in [0.25, 0.3) is 0 Å². The Kier molecular flexibility index (Phi) is 8.91. The molecule has 0 amide bonds. The van der Waals surface area contributed by atoms with Crippen molar-refractivity contribution < 1.29 is 18.3 Å². The van der Waals surface area contributed by atoms with Gasteiger partial charge in [-0.3, -0.25) is 0 Å². The molecule has 0 aliphatic carbocycles. The van der Waals surface area contributed by atoms with Gasteiger partial charge >= 0.3 is 6.18 Å². The van der Waals surface area contributed by atoms with Crippen molar-refractivity contribution in [2.45, 2.75) is 104 Å². The number of hydrogen-bond donors (Lipinski definition) is 1. The largest absolute Gasteiger partial charge is 0.417 e. The van der Waals surface area contributed by atoms with Crippen LogP contribution in [0.1, 0.15) is 91.9 Å². The SMILES string of the molecule is CCCCCCC(C)(CCCCC)C(O)(CC)C(F)(F)F. The fourth-order valence-electron chi connectivity index (χ4n) is 3.22. The second kappa shape index (κ2) is 9.02. The molecular formula is C17H33F3O. The summed E-state index contributed by atoms with van der Waals surface area (Å²) in [6, 6.07) is 0. The number of unbranched alkanes of at least 4 members (excludes halogenated alkanes) is 5. The molecule has 0 aromatic heterocycles. The summed E-state index contributed by atoms with van der Waals surface area (Å²) in [5.74, 6) is 0. The quantitative estimate of drug-likeness (QED) is 0.447. The van der Waals surface area contributed by atoms with Crippen LogP contribution < -0.4 is 0 Å². The van der Waals surface area contributed by atoms with Gasteiger partial charge in [-0.15, -0.1) is 0 Å². The molecule has 0 radical (unpaired) electrons. The van der Waals surface area contributed by atoms with E-state index in [0.717, 1.165) is 44.9 Å². The summed E-state index contributed by atoms with van der Waals surface area (Å²) in [7, 11) is 0. The first-order valence-electron chi connectivity index (χ1n) is 8.47. The Labute approximate surface area is 128 Å². The molecule has 0 saturated heterocycles. The molecule has 0 saturated carbocycles. The van der Waals surface area contributed by atoms with Gasteiger partial charge in [0, 0.05) is 5.41 Å². The van der Waals surface area contributed by atoms with Crippen molar-refractivity contribution in [3.05, 3.63) is 0 Å². The zero-order valence-electron chi connectivity index (χ0n) is 14.2.